The van der Waals surface area contributed by atoms with Gasteiger partial charge in [0, 0.05) is 5.56 Å². The summed E-state index contributed by atoms with van der Waals surface area (Å²) >= 11 is 0. The van der Waals surface area contributed by atoms with Crippen LogP contribution < -0.4 is 5.12 Å². The van der Waals surface area contributed by atoms with Crippen molar-refractivity contribution in [3.63, 3.8) is 0 Å². The number of unbranched alkanes of at least 4 members (excludes halogenated alkanes) is 1. The summed E-state index contributed by atoms with van der Waals surface area (Å²) in [4.78, 5) is 0. The van der Waals surface area contributed by atoms with E-state index < -0.39 is 0 Å². The lowest BCUT2D eigenvalue weighted by molar-refractivity contribution is -1.05. The Kier molecular flexibility index (Phi) is 4.47. The SMILES string of the molecule is CCCC[NH+](F)Cc1ccccc1. The fourth-order valence-corrected chi connectivity index (χ4v) is 1.27. The highest BCUT2D eigenvalue weighted by molar-refractivity contribution is 5.12. The number of nitrogens with one attached hydrogen (secondary N) is 1. The van der Waals surface area contributed by atoms with Gasteiger partial charge < -0.3 is 0 Å². The van der Waals surface area contributed by atoms with Gasteiger partial charge in [-0.25, -0.2) is 0 Å². The van der Waals surface area contributed by atoms with Crippen LogP contribution in [-0.4, -0.2) is 6.54 Å². The van der Waals surface area contributed by atoms with Crippen molar-refractivity contribution in [2.45, 2.75) is 26.3 Å². The fourth-order valence-electron chi connectivity index (χ4n) is 1.27. The minimum atomic E-state index is 0.105. The summed E-state index contributed by atoms with van der Waals surface area (Å²) in [5.41, 5.74) is 1.07. The third kappa shape index (κ3) is 4.04. The molecule has 0 fully saturated rings. The molecule has 0 spiro atoms. The zero-order chi connectivity index (χ0) is 9.52. The summed E-state index contributed by atoms with van der Waals surface area (Å²) in [6.45, 7) is 3.18. The molecule has 0 saturated carbocycles. The summed E-state index contributed by atoms with van der Waals surface area (Å²) in [5.74, 6) is 0. The van der Waals surface area contributed by atoms with E-state index in [1.54, 1.807) is 0 Å². The maximum absolute atomic E-state index is 13.2. The van der Waals surface area contributed by atoms with E-state index in [4.69, 9.17) is 0 Å². The van der Waals surface area contributed by atoms with Gasteiger partial charge in [0.1, 0.15) is 13.1 Å². The van der Waals surface area contributed by atoms with Crippen molar-refractivity contribution in [2.24, 2.45) is 0 Å². The molecule has 0 amide bonds. The molecular weight excluding hydrogens is 165 g/mol. The van der Waals surface area contributed by atoms with Gasteiger partial charge in [-0.1, -0.05) is 43.7 Å². The van der Waals surface area contributed by atoms with Gasteiger partial charge in [-0.05, 0) is 10.9 Å². The van der Waals surface area contributed by atoms with Gasteiger partial charge in [-0.2, -0.15) is 0 Å². The second-order valence-electron chi connectivity index (χ2n) is 3.28. The molecule has 0 saturated heterocycles. The molecule has 0 aliphatic heterocycles. The Bertz CT molecular complexity index is 223. The molecule has 0 aliphatic rings. The van der Waals surface area contributed by atoms with Crippen LogP contribution in [0.1, 0.15) is 25.3 Å². The number of benzene rings is 1. The number of rotatable bonds is 5. The molecule has 0 aliphatic carbocycles. The fraction of sp³-hybridized carbons (Fsp3) is 0.455. The quantitative estimate of drug-likeness (QED) is 0.662. The van der Waals surface area contributed by atoms with Crippen LogP contribution in [0.3, 0.4) is 0 Å². The zero-order valence-electron chi connectivity index (χ0n) is 8.09. The molecule has 0 heterocycles. The molecule has 0 aromatic heterocycles. The minimum Gasteiger partial charge on any atom is -0.136 e. The van der Waals surface area contributed by atoms with E-state index in [1.165, 1.54) is 0 Å². The van der Waals surface area contributed by atoms with E-state index in [9.17, 15) is 4.48 Å². The Morgan fingerprint density at radius 2 is 1.92 bits per heavy atom. The van der Waals surface area contributed by atoms with Crippen molar-refractivity contribution in [1.82, 2.24) is 0 Å². The van der Waals surface area contributed by atoms with Crippen LogP contribution in [0.5, 0.6) is 0 Å². The van der Waals surface area contributed by atoms with Crippen molar-refractivity contribution in [3.8, 4) is 0 Å². The highest BCUT2D eigenvalue weighted by Crippen LogP contribution is 1.95. The Hall–Kier alpha value is -0.890. The summed E-state index contributed by atoms with van der Waals surface area (Å²) in [6, 6.07) is 9.77. The van der Waals surface area contributed by atoms with Crippen molar-refractivity contribution in [1.29, 1.82) is 0 Å². The normalized spacial score (nSPS) is 12.8. The Balaban J connectivity index is 2.32. The van der Waals surface area contributed by atoms with Gasteiger partial charge in [-0.3, -0.25) is 0 Å². The molecule has 1 aromatic carbocycles. The average molecular weight is 182 g/mol. The molecule has 13 heavy (non-hydrogen) atoms. The molecule has 72 valence electrons. The van der Waals surface area contributed by atoms with E-state index in [0.29, 0.717) is 13.1 Å². The largest absolute Gasteiger partial charge is 0.138 e. The van der Waals surface area contributed by atoms with Crippen LogP contribution in [0, 0.1) is 0 Å². The predicted molar refractivity (Wildman–Crippen MR) is 52.0 cm³/mol. The van der Waals surface area contributed by atoms with E-state index >= 15 is 0 Å². The predicted octanol–water partition coefficient (Wildman–Crippen LogP) is 1.76. The minimum absolute atomic E-state index is 0.105. The monoisotopic (exact) mass is 182 g/mol. The third-order valence-corrected chi connectivity index (χ3v) is 2.04. The second kappa shape index (κ2) is 5.70. The lowest BCUT2D eigenvalue weighted by Gasteiger charge is -2.06. The lowest BCUT2D eigenvalue weighted by Crippen LogP contribution is -3.03. The van der Waals surface area contributed by atoms with Crippen molar-refractivity contribution < 1.29 is 9.60 Å². The van der Waals surface area contributed by atoms with E-state index in [2.05, 4.69) is 6.92 Å². The van der Waals surface area contributed by atoms with Gasteiger partial charge in [-0.15, -0.1) is 5.12 Å². The van der Waals surface area contributed by atoms with Crippen LogP contribution in [-0.2, 0) is 6.54 Å². The van der Waals surface area contributed by atoms with Crippen LogP contribution in [0.2, 0.25) is 0 Å². The molecule has 1 nitrogen and oxygen atoms in total. The van der Waals surface area contributed by atoms with Crippen molar-refractivity contribution >= 4 is 0 Å². The molecule has 1 unspecified atom stereocenters. The first-order valence-electron chi connectivity index (χ1n) is 4.87. The van der Waals surface area contributed by atoms with Gasteiger partial charge in [0.05, 0.1) is 0 Å². The molecule has 1 N–H and O–H groups in total. The van der Waals surface area contributed by atoms with E-state index in [1.807, 2.05) is 30.3 Å². The second-order valence-corrected chi connectivity index (χ2v) is 3.28. The molecule has 0 radical (unpaired) electrons. The average Bonchev–Trinajstić information content (AvgIpc) is 2.16. The highest BCUT2D eigenvalue weighted by atomic mass is 19.2. The van der Waals surface area contributed by atoms with Crippen LogP contribution in [0.15, 0.2) is 30.3 Å². The topological polar surface area (TPSA) is 4.44 Å². The molecule has 1 aromatic rings. The Morgan fingerprint density at radius 1 is 1.23 bits per heavy atom. The summed E-state index contributed by atoms with van der Waals surface area (Å²) in [6.07, 6.45) is 2.01. The number of halogens is 1. The smallest absolute Gasteiger partial charge is 0.136 e. The number of hydrogen-bond donors (Lipinski definition) is 1. The third-order valence-electron chi connectivity index (χ3n) is 2.04. The summed E-state index contributed by atoms with van der Waals surface area (Å²) in [7, 11) is 0. The summed E-state index contributed by atoms with van der Waals surface area (Å²) in [5, 5.41) is 0.105. The first-order valence-corrected chi connectivity index (χ1v) is 4.87. The van der Waals surface area contributed by atoms with Gasteiger partial charge in [0.25, 0.3) is 0 Å². The lowest BCUT2D eigenvalue weighted by atomic mass is 10.2. The standard InChI is InChI=1S/C11H16FN/c1-2-3-9-13(12)10-11-7-5-4-6-8-11/h4-8H,2-3,9-10H2,1H3/p+1. The first-order chi connectivity index (χ1) is 6.33. The van der Waals surface area contributed by atoms with Crippen LogP contribution in [0.4, 0.5) is 4.48 Å². The van der Waals surface area contributed by atoms with Crippen molar-refractivity contribution in [3.05, 3.63) is 35.9 Å². The van der Waals surface area contributed by atoms with Gasteiger partial charge in [0.15, 0.2) is 0 Å². The maximum atomic E-state index is 13.2. The van der Waals surface area contributed by atoms with Crippen LogP contribution >= 0.6 is 0 Å². The first kappa shape index (κ1) is 10.2. The van der Waals surface area contributed by atoms with Gasteiger partial charge in [0.2, 0.25) is 0 Å². The molecule has 1 rings (SSSR count). The zero-order valence-corrected chi connectivity index (χ0v) is 8.09. The maximum Gasteiger partial charge on any atom is 0.138 e. The van der Waals surface area contributed by atoms with E-state index in [0.717, 1.165) is 18.4 Å². The van der Waals surface area contributed by atoms with Crippen LogP contribution in [0.25, 0.3) is 0 Å². The number of hydrogen-bond acceptors (Lipinski definition) is 0. The van der Waals surface area contributed by atoms with E-state index in [-0.39, 0.29) is 5.12 Å². The van der Waals surface area contributed by atoms with Crippen molar-refractivity contribution in [2.75, 3.05) is 6.54 Å². The Labute approximate surface area is 79.1 Å². The highest BCUT2D eigenvalue weighted by Gasteiger charge is 2.06. The Morgan fingerprint density at radius 3 is 2.54 bits per heavy atom. The summed E-state index contributed by atoms with van der Waals surface area (Å²) < 4.78 is 13.2. The molecule has 1 atom stereocenters. The molecule has 0 bridgehead atoms. The van der Waals surface area contributed by atoms with Gasteiger partial charge >= 0.3 is 0 Å². The molecular formula is C11H17FN+. The number of quaternary nitrogens is 1. The molecule has 2 heteroatoms.